The van der Waals surface area contributed by atoms with E-state index in [1.165, 1.54) is 14.2 Å². The van der Waals surface area contributed by atoms with Crippen molar-refractivity contribution in [3.63, 3.8) is 0 Å². The van der Waals surface area contributed by atoms with Crippen molar-refractivity contribution in [2.45, 2.75) is 5.33 Å². The average Bonchev–Trinajstić information content (AvgIpc) is 2.27. The number of carbonyl (C=O) groups is 1. The van der Waals surface area contributed by atoms with Crippen molar-refractivity contribution in [3.8, 4) is 5.75 Å². The van der Waals surface area contributed by atoms with Gasteiger partial charge < -0.3 is 9.47 Å². The summed E-state index contributed by atoms with van der Waals surface area (Å²) in [5, 5.41) is 1.07. The lowest BCUT2D eigenvalue weighted by Crippen LogP contribution is -2.06. The van der Waals surface area contributed by atoms with Gasteiger partial charge >= 0.3 is 5.97 Å². The van der Waals surface area contributed by atoms with Gasteiger partial charge in [-0.3, -0.25) is 0 Å². The summed E-state index contributed by atoms with van der Waals surface area (Å²) >= 11 is 9.25. The van der Waals surface area contributed by atoms with Gasteiger partial charge in [0, 0.05) is 15.9 Å². The maximum Gasteiger partial charge on any atom is 0.341 e. The molecule has 0 fully saturated rings. The molecule has 1 aromatic rings. The maximum absolute atomic E-state index is 11.4. The largest absolute Gasteiger partial charge is 0.495 e. The molecule has 15 heavy (non-hydrogen) atoms. The zero-order valence-electron chi connectivity index (χ0n) is 8.34. The van der Waals surface area contributed by atoms with Crippen molar-refractivity contribution < 1.29 is 14.3 Å². The van der Waals surface area contributed by atoms with Crippen molar-refractivity contribution in [1.29, 1.82) is 0 Å². The Morgan fingerprint density at radius 1 is 1.47 bits per heavy atom. The summed E-state index contributed by atoms with van der Waals surface area (Å²) in [4.78, 5) is 11.4. The minimum atomic E-state index is -0.439. The Hall–Kier alpha value is -0.740. The van der Waals surface area contributed by atoms with E-state index >= 15 is 0 Å². The van der Waals surface area contributed by atoms with Crippen molar-refractivity contribution in [1.82, 2.24) is 0 Å². The topological polar surface area (TPSA) is 35.5 Å². The lowest BCUT2D eigenvalue weighted by atomic mass is 10.1. The van der Waals surface area contributed by atoms with Crippen molar-refractivity contribution in [2.75, 3.05) is 14.2 Å². The number of carbonyl (C=O) groups excluding carboxylic acids is 1. The Morgan fingerprint density at radius 2 is 2.13 bits per heavy atom. The Labute approximate surface area is 101 Å². The van der Waals surface area contributed by atoms with Gasteiger partial charge in [-0.2, -0.15) is 0 Å². The monoisotopic (exact) mass is 292 g/mol. The predicted octanol–water partition coefficient (Wildman–Crippen LogP) is 3.03. The third kappa shape index (κ3) is 2.44. The van der Waals surface area contributed by atoms with Gasteiger partial charge in [-0.15, -0.1) is 0 Å². The number of alkyl halides is 1. The zero-order chi connectivity index (χ0) is 11.4. The van der Waals surface area contributed by atoms with E-state index in [1.807, 2.05) is 0 Å². The molecule has 82 valence electrons. The molecule has 3 nitrogen and oxygen atoms in total. The smallest absolute Gasteiger partial charge is 0.341 e. The highest BCUT2D eigenvalue weighted by molar-refractivity contribution is 9.08. The first-order valence-corrected chi connectivity index (χ1v) is 5.65. The molecule has 0 amide bonds. The number of halogens is 2. The first-order valence-electron chi connectivity index (χ1n) is 4.15. The highest BCUT2D eigenvalue weighted by Gasteiger charge is 2.17. The van der Waals surface area contributed by atoms with Gasteiger partial charge in [0.05, 0.1) is 14.2 Å². The summed E-state index contributed by atoms with van der Waals surface area (Å²) in [6, 6.07) is 3.23. The van der Waals surface area contributed by atoms with E-state index in [2.05, 4.69) is 20.7 Å². The third-order valence-corrected chi connectivity index (χ3v) is 2.86. The summed E-state index contributed by atoms with van der Waals surface area (Å²) in [5.41, 5.74) is 1.11. The molecular formula is C10H10BrClO3. The highest BCUT2D eigenvalue weighted by atomic mass is 79.9. The predicted molar refractivity (Wildman–Crippen MR) is 62.0 cm³/mol. The molecule has 0 unspecified atom stereocenters. The Bertz CT molecular complexity index is 379. The summed E-state index contributed by atoms with van der Waals surface area (Å²) in [5.74, 6) is 0.0111. The van der Waals surface area contributed by atoms with Crippen LogP contribution in [0.25, 0.3) is 0 Å². The fourth-order valence-corrected chi connectivity index (χ4v) is 2.17. The van der Waals surface area contributed by atoms with Crippen LogP contribution in [0.15, 0.2) is 12.1 Å². The number of hydrogen-bond donors (Lipinski definition) is 0. The molecule has 0 spiro atoms. The van der Waals surface area contributed by atoms with Crippen LogP contribution in [0.2, 0.25) is 5.02 Å². The quantitative estimate of drug-likeness (QED) is 0.635. The Morgan fingerprint density at radius 3 is 2.60 bits per heavy atom. The van der Waals surface area contributed by atoms with E-state index in [9.17, 15) is 4.79 Å². The van der Waals surface area contributed by atoms with Gasteiger partial charge in [0.1, 0.15) is 11.3 Å². The van der Waals surface area contributed by atoms with E-state index in [0.717, 1.165) is 5.56 Å². The molecule has 5 heteroatoms. The van der Waals surface area contributed by atoms with Gasteiger partial charge in [0.15, 0.2) is 0 Å². The van der Waals surface area contributed by atoms with Crippen LogP contribution in [0, 0.1) is 0 Å². The number of hydrogen-bond acceptors (Lipinski definition) is 3. The minimum absolute atomic E-state index is 0.374. The number of esters is 1. The Kier molecular flexibility index (Phi) is 4.42. The molecule has 0 heterocycles. The van der Waals surface area contributed by atoms with E-state index in [1.54, 1.807) is 12.1 Å². The van der Waals surface area contributed by atoms with E-state index in [0.29, 0.717) is 21.7 Å². The fraction of sp³-hybridized carbons (Fsp3) is 0.300. The van der Waals surface area contributed by atoms with Crippen LogP contribution in [0.5, 0.6) is 5.75 Å². The standard InChI is InChI=1S/C10H10BrClO3/c1-14-9-6(10(13)15-2)3-4-8(12)7(9)5-11/h3-4H,5H2,1-2H3. The van der Waals surface area contributed by atoms with Gasteiger partial charge in [0.2, 0.25) is 0 Å². The molecule has 0 radical (unpaired) electrons. The summed E-state index contributed by atoms with van der Waals surface area (Å²) in [6.45, 7) is 0. The molecule has 0 saturated heterocycles. The van der Waals surface area contributed by atoms with Gasteiger partial charge in [-0.05, 0) is 12.1 Å². The first-order chi connectivity index (χ1) is 7.15. The van der Waals surface area contributed by atoms with Crippen molar-refractivity contribution >= 4 is 33.5 Å². The number of methoxy groups -OCH3 is 2. The van der Waals surface area contributed by atoms with E-state index in [4.69, 9.17) is 16.3 Å². The van der Waals surface area contributed by atoms with Gasteiger partial charge in [0.25, 0.3) is 0 Å². The molecule has 1 rings (SSSR count). The number of ether oxygens (including phenoxy) is 2. The molecule has 0 aliphatic heterocycles. The van der Waals surface area contributed by atoms with Crippen molar-refractivity contribution in [2.24, 2.45) is 0 Å². The molecule has 0 aromatic heterocycles. The van der Waals surface area contributed by atoms with Gasteiger partial charge in [-0.25, -0.2) is 4.79 Å². The third-order valence-electron chi connectivity index (χ3n) is 1.95. The average molecular weight is 294 g/mol. The summed E-state index contributed by atoms with van der Waals surface area (Å²) < 4.78 is 9.80. The molecule has 0 saturated carbocycles. The van der Waals surface area contributed by atoms with Crippen LogP contribution >= 0.6 is 27.5 Å². The van der Waals surface area contributed by atoms with E-state index < -0.39 is 5.97 Å². The van der Waals surface area contributed by atoms with E-state index in [-0.39, 0.29) is 0 Å². The van der Waals surface area contributed by atoms with Crippen LogP contribution in [0.1, 0.15) is 15.9 Å². The fourth-order valence-electron chi connectivity index (χ4n) is 1.23. The lowest BCUT2D eigenvalue weighted by molar-refractivity contribution is 0.0597. The van der Waals surface area contributed by atoms with Crippen LogP contribution in [-0.2, 0) is 10.1 Å². The molecule has 0 bridgehead atoms. The van der Waals surface area contributed by atoms with Crippen LogP contribution < -0.4 is 4.74 Å². The maximum atomic E-state index is 11.4. The molecular weight excluding hydrogens is 283 g/mol. The van der Waals surface area contributed by atoms with Crippen LogP contribution in [0.4, 0.5) is 0 Å². The second-order valence-electron chi connectivity index (χ2n) is 2.73. The summed E-state index contributed by atoms with van der Waals surface area (Å²) in [6.07, 6.45) is 0. The molecule has 0 aliphatic rings. The lowest BCUT2D eigenvalue weighted by Gasteiger charge is -2.11. The number of benzene rings is 1. The minimum Gasteiger partial charge on any atom is -0.495 e. The molecule has 0 atom stereocenters. The highest BCUT2D eigenvalue weighted by Crippen LogP contribution is 2.32. The zero-order valence-corrected chi connectivity index (χ0v) is 10.7. The summed E-state index contributed by atoms with van der Waals surface area (Å²) in [7, 11) is 2.81. The SMILES string of the molecule is COC(=O)c1ccc(Cl)c(CBr)c1OC. The van der Waals surface area contributed by atoms with Crippen molar-refractivity contribution in [3.05, 3.63) is 28.3 Å². The molecule has 1 aromatic carbocycles. The second kappa shape index (κ2) is 5.37. The van der Waals surface area contributed by atoms with Gasteiger partial charge in [-0.1, -0.05) is 27.5 Å². The van der Waals surface area contributed by atoms with Crippen LogP contribution in [-0.4, -0.2) is 20.2 Å². The molecule has 0 N–H and O–H groups in total. The number of rotatable bonds is 3. The Balaban J connectivity index is 3.35. The normalized spacial score (nSPS) is 9.87. The first kappa shape index (κ1) is 12.3. The van der Waals surface area contributed by atoms with Crippen LogP contribution in [0.3, 0.4) is 0 Å². The second-order valence-corrected chi connectivity index (χ2v) is 3.70. The molecule has 0 aliphatic carbocycles.